The quantitative estimate of drug-likeness (QED) is 0.671. The lowest BCUT2D eigenvalue weighted by atomic mass is 10.1. The Morgan fingerprint density at radius 1 is 1.04 bits per heavy atom. The van der Waals surface area contributed by atoms with E-state index in [0.717, 1.165) is 5.69 Å². The molecule has 0 aliphatic carbocycles. The zero-order chi connectivity index (χ0) is 17.8. The minimum atomic E-state index is -0.223. The molecular weight excluding hydrogens is 320 g/mol. The summed E-state index contributed by atoms with van der Waals surface area (Å²) >= 11 is 0. The number of pyridine rings is 1. The smallest absolute Gasteiger partial charge is 0.211 e. The summed E-state index contributed by atoms with van der Waals surface area (Å²) in [7, 11) is 3.08. The molecule has 0 aliphatic heterocycles. The van der Waals surface area contributed by atoms with Gasteiger partial charge in [0.05, 0.1) is 14.2 Å². The number of aryl methyl sites for hydroxylation is 1. The third kappa shape index (κ3) is 3.77. The highest BCUT2D eigenvalue weighted by atomic mass is 16.5. The van der Waals surface area contributed by atoms with Crippen LogP contribution >= 0.6 is 0 Å². The van der Waals surface area contributed by atoms with Crippen LogP contribution in [0.2, 0.25) is 0 Å². The second-order valence-corrected chi connectivity index (χ2v) is 5.40. The lowest BCUT2D eigenvalue weighted by Gasteiger charge is -2.08. The molecule has 2 aromatic heterocycles. The number of ether oxygens (including phenoxy) is 2. The summed E-state index contributed by atoms with van der Waals surface area (Å²) in [5.41, 5.74) is 1.68. The molecule has 128 valence electrons. The van der Waals surface area contributed by atoms with Crippen LogP contribution in [0.3, 0.4) is 0 Å². The molecule has 0 spiro atoms. The molecule has 7 nitrogen and oxygen atoms in total. The average molecular weight is 338 g/mol. The molecule has 0 atom stereocenters. The number of benzene rings is 1. The fraction of sp³-hybridized carbons (Fsp3) is 0.167. The van der Waals surface area contributed by atoms with Crippen LogP contribution in [0.15, 0.2) is 42.5 Å². The molecule has 7 heteroatoms. The first-order valence-corrected chi connectivity index (χ1v) is 7.63. The number of nitrogens with zero attached hydrogens (tertiary/aromatic N) is 2. The lowest BCUT2D eigenvalue weighted by molar-refractivity contribution is 0.103. The predicted molar refractivity (Wildman–Crippen MR) is 93.8 cm³/mol. The molecule has 0 saturated carbocycles. The van der Waals surface area contributed by atoms with Crippen molar-refractivity contribution in [1.82, 2.24) is 15.2 Å². The van der Waals surface area contributed by atoms with Crippen molar-refractivity contribution in [3.05, 3.63) is 59.4 Å². The number of rotatable bonds is 6. The number of ketones is 1. The molecule has 0 saturated heterocycles. The summed E-state index contributed by atoms with van der Waals surface area (Å²) in [6, 6.07) is 12.1. The van der Waals surface area contributed by atoms with E-state index in [-0.39, 0.29) is 5.78 Å². The van der Waals surface area contributed by atoms with Crippen molar-refractivity contribution in [3.8, 4) is 11.5 Å². The highest BCUT2D eigenvalue weighted by molar-refractivity contribution is 6.08. The summed E-state index contributed by atoms with van der Waals surface area (Å²) in [5.74, 6) is 2.04. The van der Waals surface area contributed by atoms with Gasteiger partial charge < -0.3 is 14.8 Å². The second kappa shape index (κ2) is 7.04. The minimum absolute atomic E-state index is 0.223. The Balaban J connectivity index is 1.88. The molecule has 2 heterocycles. The van der Waals surface area contributed by atoms with E-state index in [1.807, 2.05) is 13.0 Å². The van der Waals surface area contributed by atoms with Gasteiger partial charge in [-0.25, -0.2) is 4.98 Å². The Labute approximate surface area is 145 Å². The fourth-order valence-corrected chi connectivity index (χ4v) is 2.33. The fourth-order valence-electron chi connectivity index (χ4n) is 2.33. The molecule has 0 bridgehead atoms. The van der Waals surface area contributed by atoms with Crippen LogP contribution in [0.1, 0.15) is 21.7 Å². The molecule has 25 heavy (non-hydrogen) atoms. The predicted octanol–water partition coefficient (Wildman–Crippen LogP) is 3.10. The summed E-state index contributed by atoms with van der Waals surface area (Å²) < 4.78 is 10.4. The number of H-pyrrole nitrogens is 1. The number of carbonyl (C=O) groups excluding carboxylic acids is 1. The first kappa shape index (κ1) is 16.5. The van der Waals surface area contributed by atoms with Crippen LogP contribution in [0.25, 0.3) is 0 Å². The Kier molecular flexibility index (Phi) is 4.65. The maximum Gasteiger partial charge on any atom is 0.211 e. The molecule has 1 aromatic carbocycles. The molecule has 0 unspecified atom stereocenters. The van der Waals surface area contributed by atoms with Crippen molar-refractivity contribution in [2.24, 2.45) is 0 Å². The number of anilines is 2. The van der Waals surface area contributed by atoms with E-state index < -0.39 is 0 Å². The second-order valence-electron chi connectivity index (χ2n) is 5.40. The SMILES string of the molecule is COc1cc(OC)cc(C(=O)c2cccc(Nc3cc(C)[nH]n3)n2)c1. The van der Waals surface area contributed by atoms with Crippen molar-refractivity contribution >= 4 is 17.4 Å². The van der Waals surface area contributed by atoms with Gasteiger partial charge in [-0.15, -0.1) is 0 Å². The van der Waals surface area contributed by atoms with Crippen LogP contribution in [0, 0.1) is 6.92 Å². The maximum atomic E-state index is 12.8. The third-order valence-corrected chi connectivity index (χ3v) is 3.56. The van der Waals surface area contributed by atoms with Gasteiger partial charge in [0.15, 0.2) is 5.82 Å². The van der Waals surface area contributed by atoms with Gasteiger partial charge in [0, 0.05) is 23.4 Å². The molecule has 3 aromatic rings. The van der Waals surface area contributed by atoms with Crippen LogP contribution in [-0.2, 0) is 0 Å². The first-order valence-electron chi connectivity index (χ1n) is 7.63. The van der Waals surface area contributed by atoms with Crippen LogP contribution in [0.4, 0.5) is 11.6 Å². The molecule has 0 fully saturated rings. The van der Waals surface area contributed by atoms with Crippen LogP contribution in [0.5, 0.6) is 11.5 Å². The standard InChI is InChI=1S/C18H18N4O3/c1-11-7-17(22-21-11)20-16-6-4-5-15(19-16)18(23)12-8-13(24-2)10-14(9-12)25-3/h4-10H,1-3H3,(H2,19,20,21,22). The molecule has 0 aliphatic rings. The number of hydrogen-bond donors (Lipinski definition) is 2. The molecule has 0 radical (unpaired) electrons. The highest BCUT2D eigenvalue weighted by Gasteiger charge is 2.14. The molecule has 2 N–H and O–H groups in total. The summed E-state index contributed by atoms with van der Waals surface area (Å²) in [5, 5.41) is 10.00. The van der Waals surface area contributed by atoms with Crippen molar-refractivity contribution < 1.29 is 14.3 Å². The Bertz CT molecular complexity index is 883. The van der Waals surface area contributed by atoms with E-state index in [1.54, 1.807) is 36.4 Å². The van der Waals surface area contributed by atoms with E-state index >= 15 is 0 Å². The van der Waals surface area contributed by atoms with Crippen LogP contribution in [-0.4, -0.2) is 35.2 Å². The maximum absolute atomic E-state index is 12.8. The van der Waals surface area contributed by atoms with Gasteiger partial charge in [-0.1, -0.05) is 6.07 Å². The van der Waals surface area contributed by atoms with Crippen molar-refractivity contribution in [2.45, 2.75) is 6.92 Å². The number of methoxy groups -OCH3 is 2. The van der Waals surface area contributed by atoms with E-state index in [4.69, 9.17) is 9.47 Å². The lowest BCUT2D eigenvalue weighted by Crippen LogP contribution is -2.06. The summed E-state index contributed by atoms with van der Waals surface area (Å²) in [6.07, 6.45) is 0. The largest absolute Gasteiger partial charge is 0.497 e. The monoisotopic (exact) mass is 338 g/mol. The van der Waals surface area contributed by atoms with Crippen molar-refractivity contribution in [1.29, 1.82) is 0 Å². The Morgan fingerprint density at radius 2 is 1.76 bits per heavy atom. The zero-order valence-corrected chi connectivity index (χ0v) is 14.2. The number of hydrogen-bond acceptors (Lipinski definition) is 6. The molecular formula is C18H18N4O3. The van der Waals surface area contributed by atoms with Crippen molar-refractivity contribution in [3.63, 3.8) is 0 Å². The Morgan fingerprint density at radius 3 is 2.36 bits per heavy atom. The number of carbonyl (C=O) groups is 1. The molecule has 0 amide bonds. The van der Waals surface area contributed by atoms with E-state index in [1.165, 1.54) is 14.2 Å². The zero-order valence-electron chi connectivity index (χ0n) is 14.2. The summed E-state index contributed by atoms with van der Waals surface area (Å²) in [4.78, 5) is 17.1. The number of nitrogens with one attached hydrogen (secondary N) is 2. The topological polar surface area (TPSA) is 89.1 Å². The molecule has 3 rings (SSSR count). The number of aromatic nitrogens is 3. The minimum Gasteiger partial charge on any atom is -0.497 e. The Hall–Kier alpha value is -3.35. The number of aromatic amines is 1. The van der Waals surface area contributed by atoms with Gasteiger partial charge in [-0.2, -0.15) is 5.10 Å². The average Bonchev–Trinajstić information content (AvgIpc) is 3.05. The van der Waals surface area contributed by atoms with Gasteiger partial charge in [0.1, 0.15) is 23.0 Å². The van der Waals surface area contributed by atoms with Gasteiger partial charge in [-0.05, 0) is 31.2 Å². The van der Waals surface area contributed by atoms with E-state index in [9.17, 15) is 4.79 Å². The highest BCUT2D eigenvalue weighted by Crippen LogP contribution is 2.24. The van der Waals surface area contributed by atoms with Crippen LogP contribution < -0.4 is 14.8 Å². The van der Waals surface area contributed by atoms with E-state index in [0.29, 0.717) is 34.4 Å². The first-order chi connectivity index (χ1) is 12.1. The third-order valence-electron chi connectivity index (χ3n) is 3.56. The van der Waals surface area contributed by atoms with Gasteiger partial charge >= 0.3 is 0 Å². The van der Waals surface area contributed by atoms with E-state index in [2.05, 4.69) is 20.5 Å². The van der Waals surface area contributed by atoms with Crippen molar-refractivity contribution in [2.75, 3.05) is 19.5 Å². The van der Waals surface area contributed by atoms with Gasteiger partial charge in [0.2, 0.25) is 5.78 Å². The van der Waals surface area contributed by atoms with Gasteiger partial charge in [0.25, 0.3) is 0 Å². The summed E-state index contributed by atoms with van der Waals surface area (Å²) in [6.45, 7) is 1.90. The normalized spacial score (nSPS) is 10.4. The van der Waals surface area contributed by atoms with Gasteiger partial charge in [-0.3, -0.25) is 9.89 Å².